The van der Waals surface area contributed by atoms with Gasteiger partial charge >= 0.3 is 29.8 Å². The van der Waals surface area contributed by atoms with Gasteiger partial charge in [0.05, 0.1) is 4.58 Å². The van der Waals surface area contributed by atoms with E-state index in [0.29, 0.717) is 11.5 Å². The van der Waals surface area contributed by atoms with Gasteiger partial charge in [-0.15, -0.1) is 23.5 Å². The number of ether oxygens (including phenoxy) is 5. The van der Waals surface area contributed by atoms with Crippen LogP contribution in [0.4, 0.5) is 0 Å². The van der Waals surface area contributed by atoms with Crippen molar-refractivity contribution in [2.75, 3.05) is 18.1 Å². The predicted octanol–water partition coefficient (Wildman–Crippen LogP) is 2.11. The zero-order valence-electron chi connectivity index (χ0n) is 19.4. The predicted molar refractivity (Wildman–Crippen MR) is 119 cm³/mol. The van der Waals surface area contributed by atoms with Gasteiger partial charge in [-0.1, -0.05) is 13.8 Å². The van der Waals surface area contributed by atoms with Crippen LogP contribution in [0.25, 0.3) is 0 Å². The van der Waals surface area contributed by atoms with Crippen molar-refractivity contribution in [2.45, 2.75) is 77.5 Å². The van der Waals surface area contributed by atoms with Gasteiger partial charge in [-0.05, 0) is 11.5 Å². The summed E-state index contributed by atoms with van der Waals surface area (Å²) in [5.41, 5.74) is 0. The lowest BCUT2D eigenvalue weighted by atomic mass is 10.0. The highest BCUT2D eigenvalue weighted by Gasteiger charge is 2.46. The second kappa shape index (κ2) is 15.8. The minimum absolute atomic E-state index is 0.400. The van der Waals surface area contributed by atoms with Crippen LogP contribution >= 0.6 is 23.5 Å². The Kier molecular flexibility index (Phi) is 14.8. The van der Waals surface area contributed by atoms with Gasteiger partial charge < -0.3 is 23.7 Å². The molecule has 0 aromatic carbocycles. The minimum atomic E-state index is -1.42. The molecule has 0 spiro atoms. The van der Waals surface area contributed by atoms with Crippen LogP contribution in [0.15, 0.2) is 0 Å². The molecule has 0 fully saturated rings. The average Bonchev–Trinajstić information content (AvgIpc) is 2.65. The molecule has 0 aromatic heterocycles. The summed E-state index contributed by atoms with van der Waals surface area (Å²) in [7, 11) is 0. The van der Waals surface area contributed by atoms with Crippen molar-refractivity contribution in [3.8, 4) is 0 Å². The third-order valence-electron chi connectivity index (χ3n) is 3.62. The molecule has 0 saturated carbocycles. The molecule has 4 atom stereocenters. The maximum atomic E-state index is 12.0. The molecule has 12 heteroatoms. The SMILES string of the molecule is CCSC(SCC)[C@H](OC(C)=O)[C@@H](OC(C)=O)[C@H](OC(C)=O)[C@@H](COC(C)=O)OC(C)=O. The van der Waals surface area contributed by atoms with Gasteiger partial charge in [-0.3, -0.25) is 24.0 Å². The van der Waals surface area contributed by atoms with E-state index in [-0.39, 0.29) is 0 Å². The molecule has 0 unspecified atom stereocenters. The standard InChI is InChI=1S/C20H32O10S2/c1-8-31-20(32-9-2)19(30-15(7)25)18(29-14(6)24)17(28-13(5)23)16(27-12(4)22)10-26-11(3)21/h16-20H,8-10H2,1-7H3/t16-,17-,18+,19-/m1/s1. The lowest BCUT2D eigenvalue weighted by molar-refractivity contribution is -0.201. The Morgan fingerprint density at radius 3 is 1.38 bits per heavy atom. The van der Waals surface area contributed by atoms with E-state index in [4.69, 9.17) is 23.7 Å². The summed E-state index contributed by atoms with van der Waals surface area (Å²) in [6.07, 6.45) is -5.14. The maximum absolute atomic E-state index is 12.0. The summed E-state index contributed by atoms with van der Waals surface area (Å²) < 4.78 is 26.2. The number of thioether (sulfide) groups is 2. The first kappa shape index (κ1) is 30.0. The number of rotatable bonds is 14. The second-order valence-corrected chi connectivity index (χ2v) is 9.59. The Labute approximate surface area is 196 Å². The lowest BCUT2D eigenvalue weighted by Crippen LogP contribution is -2.55. The summed E-state index contributed by atoms with van der Waals surface area (Å²) in [4.78, 5) is 58.9. The normalized spacial score (nSPS) is 14.5. The van der Waals surface area contributed by atoms with Crippen LogP contribution in [0.2, 0.25) is 0 Å². The van der Waals surface area contributed by atoms with Crippen molar-refractivity contribution in [2.24, 2.45) is 0 Å². The maximum Gasteiger partial charge on any atom is 0.303 e. The summed E-state index contributed by atoms with van der Waals surface area (Å²) in [5.74, 6) is -2.24. The molecule has 0 bridgehead atoms. The highest BCUT2D eigenvalue weighted by atomic mass is 32.2. The van der Waals surface area contributed by atoms with Crippen molar-refractivity contribution in [1.82, 2.24) is 0 Å². The average molecular weight is 497 g/mol. The Hall–Kier alpha value is -1.95. The molecule has 184 valence electrons. The molecule has 32 heavy (non-hydrogen) atoms. The van der Waals surface area contributed by atoms with E-state index in [0.717, 1.165) is 27.7 Å². The topological polar surface area (TPSA) is 132 Å². The highest BCUT2D eigenvalue weighted by Crippen LogP contribution is 2.33. The van der Waals surface area contributed by atoms with Crippen LogP contribution in [0, 0.1) is 0 Å². The molecule has 0 saturated heterocycles. The van der Waals surface area contributed by atoms with Gasteiger partial charge in [0.1, 0.15) is 6.61 Å². The Morgan fingerprint density at radius 1 is 0.594 bits per heavy atom. The van der Waals surface area contributed by atoms with Crippen LogP contribution in [0.1, 0.15) is 48.5 Å². The Balaban J connectivity index is 6.51. The first-order chi connectivity index (χ1) is 14.9. The molecular weight excluding hydrogens is 464 g/mol. The number of hydrogen-bond donors (Lipinski definition) is 0. The van der Waals surface area contributed by atoms with Crippen molar-refractivity contribution in [3.63, 3.8) is 0 Å². The fraction of sp³-hybridized carbons (Fsp3) is 0.750. The molecule has 0 heterocycles. The number of hydrogen-bond acceptors (Lipinski definition) is 12. The fourth-order valence-electron chi connectivity index (χ4n) is 2.70. The van der Waals surface area contributed by atoms with E-state index in [1.54, 1.807) is 0 Å². The van der Waals surface area contributed by atoms with E-state index in [2.05, 4.69) is 0 Å². The summed E-state index contributed by atoms with van der Waals surface area (Å²) in [6.45, 7) is 9.09. The zero-order chi connectivity index (χ0) is 24.8. The van der Waals surface area contributed by atoms with Gasteiger partial charge in [0.25, 0.3) is 0 Å². The van der Waals surface area contributed by atoms with E-state index < -0.39 is 65.5 Å². The first-order valence-electron chi connectivity index (χ1n) is 9.98. The van der Waals surface area contributed by atoms with Gasteiger partial charge in [-0.25, -0.2) is 0 Å². The van der Waals surface area contributed by atoms with Crippen LogP contribution in [-0.4, -0.2) is 77.0 Å². The molecule has 0 aliphatic heterocycles. The number of esters is 5. The number of carbonyl (C=O) groups excluding carboxylic acids is 5. The molecule has 0 amide bonds. The van der Waals surface area contributed by atoms with Crippen LogP contribution in [0.3, 0.4) is 0 Å². The third kappa shape index (κ3) is 12.2. The molecule has 0 aliphatic carbocycles. The molecule has 0 radical (unpaired) electrons. The van der Waals surface area contributed by atoms with Crippen molar-refractivity contribution in [3.05, 3.63) is 0 Å². The first-order valence-corrected chi connectivity index (χ1v) is 12.1. The Bertz CT molecular complexity index is 648. The summed E-state index contributed by atoms with van der Waals surface area (Å²) in [5, 5.41) is 0. The highest BCUT2D eigenvalue weighted by molar-refractivity contribution is 8.17. The van der Waals surface area contributed by atoms with Crippen LogP contribution < -0.4 is 0 Å². The minimum Gasteiger partial charge on any atom is -0.462 e. The molecule has 10 nitrogen and oxygen atoms in total. The summed E-state index contributed by atoms with van der Waals surface area (Å²) >= 11 is 2.89. The van der Waals surface area contributed by atoms with Crippen molar-refractivity contribution >= 4 is 53.4 Å². The fourth-order valence-corrected chi connectivity index (χ4v) is 5.36. The summed E-state index contributed by atoms with van der Waals surface area (Å²) in [6, 6.07) is 0. The van der Waals surface area contributed by atoms with E-state index in [1.165, 1.54) is 30.4 Å². The Morgan fingerprint density at radius 2 is 1.00 bits per heavy atom. The van der Waals surface area contributed by atoms with Crippen LogP contribution in [-0.2, 0) is 47.7 Å². The number of carbonyl (C=O) groups is 5. The van der Waals surface area contributed by atoms with Crippen molar-refractivity contribution < 1.29 is 47.7 Å². The van der Waals surface area contributed by atoms with Crippen LogP contribution in [0.5, 0.6) is 0 Å². The molecule has 0 aromatic rings. The zero-order valence-corrected chi connectivity index (χ0v) is 21.0. The second-order valence-electron chi connectivity index (χ2n) is 6.45. The monoisotopic (exact) mass is 496 g/mol. The van der Waals surface area contributed by atoms with E-state index in [1.807, 2.05) is 13.8 Å². The third-order valence-corrected chi connectivity index (χ3v) is 6.30. The molecular formula is C20H32O10S2. The van der Waals surface area contributed by atoms with Gasteiger partial charge in [0.15, 0.2) is 24.4 Å². The van der Waals surface area contributed by atoms with E-state index in [9.17, 15) is 24.0 Å². The quantitative estimate of drug-likeness (QED) is 0.198. The molecule has 0 N–H and O–H groups in total. The van der Waals surface area contributed by atoms with Gasteiger partial charge in [-0.2, -0.15) is 0 Å². The van der Waals surface area contributed by atoms with Crippen molar-refractivity contribution in [1.29, 1.82) is 0 Å². The van der Waals surface area contributed by atoms with E-state index >= 15 is 0 Å². The molecule has 0 rings (SSSR count). The largest absolute Gasteiger partial charge is 0.462 e. The molecule has 0 aliphatic rings. The smallest absolute Gasteiger partial charge is 0.303 e. The van der Waals surface area contributed by atoms with Gasteiger partial charge in [0, 0.05) is 34.6 Å². The van der Waals surface area contributed by atoms with Gasteiger partial charge in [0.2, 0.25) is 0 Å². The lowest BCUT2D eigenvalue weighted by Gasteiger charge is -2.37.